The molecule has 1 aliphatic rings. The van der Waals surface area contributed by atoms with Gasteiger partial charge in [-0.2, -0.15) is 0 Å². The van der Waals surface area contributed by atoms with E-state index < -0.39 is 0 Å². The number of hydrogen-bond acceptors (Lipinski definition) is 3. The zero-order chi connectivity index (χ0) is 10.2. The normalized spacial score (nSPS) is 18.2. The molecule has 0 aromatic carbocycles. The standard InChI is InChI=1S/C11H17N3/c1-3-10-13-8(2)6-9(14-10)11(7-12)4-5-11/h6H,3-5,7,12H2,1-2H3. The van der Waals surface area contributed by atoms with Crippen molar-refractivity contribution in [2.45, 2.75) is 38.5 Å². The highest BCUT2D eigenvalue weighted by Crippen LogP contribution is 2.46. The Morgan fingerprint density at radius 1 is 1.43 bits per heavy atom. The smallest absolute Gasteiger partial charge is 0.128 e. The van der Waals surface area contributed by atoms with E-state index in [0.29, 0.717) is 6.54 Å². The van der Waals surface area contributed by atoms with Gasteiger partial charge in [-0.15, -0.1) is 0 Å². The fourth-order valence-corrected chi connectivity index (χ4v) is 1.78. The van der Waals surface area contributed by atoms with Gasteiger partial charge in [0.1, 0.15) is 5.82 Å². The number of hydrogen-bond donors (Lipinski definition) is 1. The van der Waals surface area contributed by atoms with Gasteiger partial charge in [-0.25, -0.2) is 9.97 Å². The molecule has 0 bridgehead atoms. The largest absolute Gasteiger partial charge is 0.330 e. The number of aromatic nitrogens is 2. The highest BCUT2D eigenvalue weighted by molar-refractivity contribution is 5.27. The molecular weight excluding hydrogens is 174 g/mol. The Morgan fingerprint density at radius 3 is 2.64 bits per heavy atom. The lowest BCUT2D eigenvalue weighted by molar-refractivity contribution is 0.664. The number of rotatable bonds is 3. The lowest BCUT2D eigenvalue weighted by Gasteiger charge is -2.13. The van der Waals surface area contributed by atoms with Crippen LogP contribution >= 0.6 is 0 Å². The first-order chi connectivity index (χ1) is 6.70. The van der Waals surface area contributed by atoms with Crippen LogP contribution in [0.4, 0.5) is 0 Å². The Kier molecular flexibility index (Phi) is 2.27. The van der Waals surface area contributed by atoms with Crippen molar-refractivity contribution in [3.05, 3.63) is 23.3 Å². The Balaban J connectivity index is 2.38. The highest BCUT2D eigenvalue weighted by Gasteiger charge is 2.44. The van der Waals surface area contributed by atoms with Gasteiger partial charge in [0.25, 0.3) is 0 Å². The molecule has 1 saturated carbocycles. The van der Waals surface area contributed by atoms with E-state index in [2.05, 4.69) is 23.0 Å². The lowest BCUT2D eigenvalue weighted by atomic mass is 10.0. The molecule has 2 rings (SSSR count). The summed E-state index contributed by atoms with van der Waals surface area (Å²) in [5, 5.41) is 0. The summed E-state index contributed by atoms with van der Waals surface area (Å²) >= 11 is 0. The third-order valence-corrected chi connectivity index (χ3v) is 3.00. The van der Waals surface area contributed by atoms with Crippen LogP contribution in [0.1, 0.15) is 37.0 Å². The first-order valence-electron chi connectivity index (χ1n) is 5.25. The fraction of sp³-hybridized carbons (Fsp3) is 0.636. The molecule has 3 nitrogen and oxygen atoms in total. The minimum atomic E-state index is 0.192. The first kappa shape index (κ1) is 9.59. The lowest BCUT2D eigenvalue weighted by Crippen LogP contribution is -2.22. The monoisotopic (exact) mass is 191 g/mol. The quantitative estimate of drug-likeness (QED) is 0.784. The summed E-state index contributed by atoms with van der Waals surface area (Å²) in [6.07, 6.45) is 3.27. The second-order valence-corrected chi connectivity index (χ2v) is 4.15. The van der Waals surface area contributed by atoms with Crippen molar-refractivity contribution in [2.24, 2.45) is 5.73 Å². The van der Waals surface area contributed by atoms with Gasteiger partial charge in [0.2, 0.25) is 0 Å². The topological polar surface area (TPSA) is 51.8 Å². The Bertz CT molecular complexity index is 342. The number of nitrogens with zero attached hydrogens (tertiary/aromatic N) is 2. The van der Waals surface area contributed by atoms with Gasteiger partial charge in [-0.3, -0.25) is 0 Å². The third-order valence-electron chi connectivity index (χ3n) is 3.00. The van der Waals surface area contributed by atoms with E-state index in [1.807, 2.05) is 6.92 Å². The second kappa shape index (κ2) is 3.31. The molecule has 1 aliphatic carbocycles. The van der Waals surface area contributed by atoms with Crippen LogP contribution < -0.4 is 5.73 Å². The molecule has 76 valence electrons. The zero-order valence-corrected chi connectivity index (χ0v) is 8.88. The molecule has 1 fully saturated rings. The van der Waals surface area contributed by atoms with Gasteiger partial charge in [0.05, 0.1) is 5.69 Å². The fourth-order valence-electron chi connectivity index (χ4n) is 1.78. The van der Waals surface area contributed by atoms with Crippen molar-refractivity contribution in [2.75, 3.05) is 6.54 Å². The van der Waals surface area contributed by atoms with Crippen molar-refractivity contribution >= 4 is 0 Å². The van der Waals surface area contributed by atoms with Crippen LogP contribution in [0, 0.1) is 6.92 Å². The van der Waals surface area contributed by atoms with Crippen molar-refractivity contribution in [1.29, 1.82) is 0 Å². The van der Waals surface area contributed by atoms with E-state index in [1.165, 1.54) is 12.8 Å². The summed E-state index contributed by atoms with van der Waals surface area (Å²) in [7, 11) is 0. The van der Waals surface area contributed by atoms with Crippen molar-refractivity contribution in [3.8, 4) is 0 Å². The summed E-state index contributed by atoms with van der Waals surface area (Å²) in [4.78, 5) is 8.94. The van der Waals surface area contributed by atoms with E-state index >= 15 is 0 Å². The van der Waals surface area contributed by atoms with Crippen LogP contribution in [0.2, 0.25) is 0 Å². The maximum absolute atomic E-state index is 5.78. The van der Waals surface area contributed by atoms with E-state index in [4.69, 9.17) is 5.73 Å². The Morgan fingerprint density at radius 2 is 2.14 bits per heavy atom. The molecule has 0 atom stereocenters. The van der Waals surface area contributed by atoms with Gasteiger partial charge in [0.15, 0.2) is 0 Å². The van der Waals surface area contributed by atoms with Gasteiger partial charge in [-0.05, 0) is 25.8 Å². The van der Waals surface area contributed by atoms with Crippen LogP contribution in [0.3, 0.4) is 0 Å². The van der Waals surface area contributed by atoms with Crippen molar-refractivity contribution in [1.82, 2.24) is 9.97 Å². The van der Waals surface area contributed by atoms with Gasteiger partial charge >= 0.3 is 0 Å². The molecule has 1 aromatic heterocycles. The summed E-state index contributed by atoms with van der Waals surface area (Å²) in [5.41, 5.74) is 8.19. The number of nitrogens with two attached hydrogens (primary N) is 1. The van der Waals surface area contributed by atoms with E-state index in [9.17, 15) is 0 Å². The predicted octanol–water partition coefficient (Wildman–Crippen LogP) is 1.34. The molecule has 0 amide bonds. The first-order valence-corrected chi connectivity index (χ1v) is 5.25. The SMILES string of the molecule is CCc1nc(C)cc(C2(CN)CC2)n1. The molecule has 1 heterocycles. The number of aryl methyl sites for hydroxylation is 2. The van der Waals surface area contributed by atoms with Crippen molar-refractivity contribution < 1.29 is 0 Å². The molecule has 0 radical (unpaired) electrons. The molecule has 2 N–H and O–H groups in total. The molecule has 0 unspecified atom stereocenters. The van der Waals surface area contributed by atoms with Crippen LogP contribution in [-0.4, -0.2) is 16.5 Å². The Hall–Kier alpha value is -0.960. The maximum atomic E-state index is 5.78. The summed E-state index contributed by atoms with van der Waals surface area (Å²) in [6.45, 7) is 4.82. The molecule has 14 heavy (non-hydrogen) atoms. The molecule has 3 heteroatoms. The second-order valence-electron chi connectivity index (χ2n) is 4.15. The average Bonchev–Trinajstić information content (AvgIpc) is 2.97. The minimum Gasteiger partial charge on any atom is -0.330 e. The van der Waals surface area contributed by atoms with Crippen molar-refractivity contribution in [3.63, 3.8) is 0 Å². The summed E-state index contributed by atoms with van der Waals surface area (Å²) < 4.78 is 0. The van der Waals surface area contributed by atoms with Crippen LogP contribution in [0.25, 0.3) is 0 Å². The molecular formula is C11H17N3. The van der Waals surface area contributed by atoms with E-state index in [0.717, 1.165) is 23.6 Å². The van der Waals surface area contributed by atoms with Gasteiger partial charge < -0.3 is 5.73 Å². The minimum absolute atomic E-state index is 0.192. The van der Waals surface area contributed by atoms with Gasteiger partial charge in [-0.1, -0.05) is 6.92 Å². The average molecular weight is 191 g/mol. The molecule has 0 saturated heterocycles. The van der Waals surface area contributed by atoms with Crippen LogP contribution in [-0.2, 0) is 11.8 Å². The van der Waals surface area contributed by atoms with Crippen LogP contribution in [0.15, 0.2) is 6.07 Å². The van der Waals surface area contributed by atoms with Gasteiger partial charge in [0, 0.05) is 24.1 Å². The van der Waals surface area contributed by atoms with E-state index in [1.54, 1.807) is 0 Å². The Labute approximate surface area is 84.8 Å². The predicted molar refractivity (Wildman–Crippen MR) is 56.1 cm³/mol. The molecule has 0 aliphatic heterocycles. The zero-order valence-electron chi connectivity index (χ0n) is 8.88. The summed E-state index contributed by atoms with van der Waals surface area (Å²) in [5.74, 6) is 0.944. The maximum Gasteiger partial charge on any atom is 0.128 e. The highest BCUT2D eigenvalue weighted by atomic mass is 14.9. The third kappa shape index (κ3) is 1.52. The van der Waals surface area contributed by atoms with Crippen LogP contribution in [0.5, 0.6) is 0 Å². The summed E-state index contributed by atoms with van der Waals surface area (Å²) in [6, 6.07) is 2.08. The molecule has 0 spiro atoms. The van der Waals surface area contributed by atoms with E-state index in [-0.39, 0.29) is 5.41 Å². The molecule has 1 aromatic rings.